The van der Waals surface area contributed by atoms with Crippen LogP contribution < -0.4 is 15.1 Å². The predicted molar refractivity (Wildman–Crippen MR) is 128 cm³/mol. The van der Waals surface area contributed by atoms with Gasteiger partial charge in [-0.15, -0.1) is 0 Å². The summed E-state index contributed by atoms with van der Waals surface area (Å²) in [6, 6.07) is 14.0. The molecule has 1 N–H and O–H groups in total. The molecule has 4 rings (SSSR count). The van der Waals surface area contributed by atoms with Crippen molar-refractivity contribution >= 4 is 46.5 Å². The summed E-state index contributed by atoms with van der Waals surface area (Å²) >= 11 is 7.47. The van der Waals surface area contributed by atoms with Crippen molar-refractivity contribution in [1.82, 2.24) is 9.97 Å². The minimum Gasteiger partial charge on any atom is -0.368 e. The topological polar surface area (TPSA) is 61.4 Å². The van der Waals surface area contributed by atoms with Crippen molar-refractivity contribution in [3.8, 4) is 0 Å². The number of anilines is 3. The molecule has 1 aromatic heterocycles. The van der Waals surface area contributed by atoms with Crippen molar-refractivity contribution in [3.63, 3.8) is 0 Å². The van der Waals surface area contributed by atoms with Crippen molar-refractivity contribution in [3.05, 3.63) is 71.1 Å². The molecule has 1 fully saturated rings. The average Bonchev–Trinajstić information content (AvgIpc) is 2.80. The fourth-order valence-corrected chi connectivity index (χ4v) is 4.37. The number of carbonyl (C=O) groups is 1. The molecular weight excluding hydrogens is 449 g/mol. The Labute approximate surface area is 195 Å². The minimum absolute atomic E-state index is 0.164. The Morgan fingerprint density at radius 2 is 1.81 bits per heavy atom. The molecular formula is C23H23ClFN5OS. The maximum absolute atomic E-state index is 13.2. The van der Waals surface area contributed by atoms with Crippen LogP contribution in [0.5, 0.6) is 0 Å². The molecule has 166 valence electrons. The Morgan fingerprint density at radius 3 is 2.53 bits per heavy atom. The number of benzene rings is 2. The van der Waals surface area contributed by atoms with Gasteiger partial charge < -0.3 is 15.1 Å². The Morgan fingerprint density at radius 1 is 1.09 bits per heavy atom. The fourth-order valence-electron chi connectivity index (χ4n) is 3.46. The molecule has 0 saturated carbocycles. The van der Waals surface area contributed by atoms with Gasteiger partial charge in [-0.1, -0.05) is 29.4 Å². The smallest absolute Gasteiger partial charge is 0.234 e. The van der Waals surface area contributed by atoms with Crippen LogP contribution in [-0.2, 0) is 4.79 Å². The van der Waals surface area contributed by atoms with Crippen molar-refractivity contribution in [2.24, 2.45) is 0 Å². The van der Waals surface area contributed by atoms with E-state index in [0.717, 1.165) is 43.2 Å². The van der Waals surface area contributed by atoms with Gasteiger partial charge >= 0.3 is 0 Å². The van der Waals surface area contributed by atoms with Gasteiger partial charge in [-0.3, -0.25) is 4.79 Å². The first-order valence-electron chi connectivity index (χ1n) is 10.3. The van der Waals surface area contributed by atoms with Crippen LogP contribution >= 0.6 is 23.4 Å². The summed E-state index contributed by atoms with van der Waals surface area (Å²) in [6.45, 7) is 5.17. The van der Waals surface area contributed by atoms with Crippen LogP contribution in [0.3, 0.4) is 0 Å². The lowest BCUT2D eigenvalue weighted by molar-refractivity contribution is -0.113. The molecule has 3 aromatic rings. The molecule has 0 unspecified atom stereocenters. The number of aryl methyl sites for hydroxylation is 1. The number of aromatic nitrogens is 2. The lowest BCUT2D eigenvalue weighted by Gasteiger charge is -2.36. The van der Waals surface area contributed by atoms with Gasteiger partial charge in [-0.25, -0.2) is 14.4 Å². The van der Waals surface area contributed by atoms with E-state index in [0.29, 0.717) is 15.9 Å². The molecule has 0 aliphatic carbocycles. The van der Waals surface area contributed by atoms with E-state index in [-0.39, 0.29) is 17.5 Å². The highest BCUT2D eigenvalue weighted by Crippen LogP contribution is 2.24. The van der Waals surface area contributed by atoms with Crippen LogP contribution in [0.15, 0.2) is 59.9 Å². The Bertz CT molecular complexity index is 1090. The third kappa shape index (κ3) is 5.69. The van der Waals surface area contributed by atoms with E-state index < -0.39 is 0 Å². The van der Waals surface area contributed by atoms with Crippen molar-refractivity contribution in [2.75, 3.05) is 47.0 Å². The summed E-state index contributed by atoms with van der Waals surface area (Å²) in [5.41, 5.74) is 2.65. The SMILES string of the molecule is Cc1ccc(NC(=O)CSc2nccc(N3CCN(c4ccc(F)cc4)CC3)n2)c(Cl)c1. The quantitative estimate of drug-likeness (QED) is 0.417. The zero-order valence-electron chi connectivity index (χ0n) is 17.6. The van der Waals surface area contributed by atoms with Crippen LogP contribution in [0.25, 0.3) is 0 Å². The second-order valence-electron chi connectivity index (χ2n) is 7.47. The summed E-state index contributed by atoms with van der Waals surface area (Å²) < 4.78 is 13.2. The lowest BCUT2D eigenvalue weighted by Crippen LogP contribution is -2.46. The first-order valence-corrected chi connectivity index (χ1v) is 11.6. The highest BCUT2D eigenvalue weighted by molar-refractivity contribution is 7.99. The highest BCUT2D eigenvalue weighted by Gasteiger charge is 2.19. The molecule has 9 heteroatoms. The molecule has 2 aromatic carbocycles. The summed E-state index contributed by atoms with van der Waals surface area (Å²) in [5.74, 6) is 0.631. The van der Waals surface area contributed by atoms with Crippen molar-refractivity contribution in [1.29, 1.82) is 0 Å². The molecule has 1 aliphatic heterocycles. The second-order valence-corrected chi connectivity index (χ2v) is 8.82. The summed E-state index contributed by atoms with van der Waals surface area (Å²) in [7, 11) is 0. The molecule has 2 heterocycles. The van der Waals surface area contributed by atoms with E-state index in [1.165, 1.54) is 23.9 Å². The van der Waals surface area contributed by atoms with Gasteiger partial charge in [0.15, 0.2) is 5.16 Å². The number of nitrogens with one attached hydrogen (secondary N) is 1. The van der Waals surface area contributed by atoms with E-state index in [2.05, 4.69) is 25.1 Å². The molecule has 6 nitrogen and oxygen atoms in total. The van der Waals surface area contributed by atoms with E-state index in [9.17, 15) is 9.18 Å². The summed E-state index contributed by atoms with van der Waals surface area (Å²) in [5, 5.41) is 3.89. The predicted octanol–water partition coefficient (Wildman–Crippen LogP) is 4.63. The molecule has 0 radical (unpaired) electrons. The number of thioether (sulfide) groups is 1. The molecule has 32 heavy (non-hydrogen) atoms. The van der Waals surface area contributed by atoms with Crippen LogP contribution in [0.2, 0.25) is 5.02 Å². The van der Waals surface area contributed by atoms with Crippen molar-refractivity contribution in [2.45, 2.75) is 12.1 Å². The molecule has 1 amide bonds. The number of halogens is 2. The molecule has 0 spiro atoms. The van der Waals surface area contributed by atoms with Gasteiger partial charge in [0, 0.05) is 38.1 Å². The third-order valence-corrected chi connectivity index (χ3v) is 6.32. The van der Waals surface area contributed by atoms with E-state index in [1.54, 1.807) is 24.4 Å². The number of amides is 1. The van der Waals surface area contributed by atoms with E-state index in [1.807, 2.05) is 25.1 Å². The number of carbonyl (C=O) groups excluding carboxylic acids is 1. The monoisotopic (exact) mass is 471 g/mol. The number of rotatable bonds is 6. The first-order chi connectivity index (χ1) is 15.5. The van der Waals surface area contributed by atoms with Crippen LogP contribution in [0.4, 0.5) is 21.6 Å². The Hall–Kier alpha value is -2.84. The molecule has 1 aliphatic rings. The highest BCUT2D eigenvalue weighted by atomic mass is 35.5. The summed E-state index contributed by atoms with van der Waals surface area (Å²) in [6.07, 6.45) is 1.71. The zero-order chi connectivity index (χ0) is 22.5. The largest absolute Gasteiger partial charge is 0.368 e. The molecule has 0 atom stereocenters. The standard InChI is InChI=1S/C23H23ClFN5OS/c1-16-2-7-20(19(24)14-16)27-22(31)15-32-23-26-9-8-21(28-23)30-12-10-29(11-13-30)18-5-3-17(25)4-6-18/h2-9,14H,10-13,15H2,1H3,(H,27,31). The van der Waals surface area contributed by atoms with Gasteiger partial charge in [-0.05, 0) is 55.0 Å². The number of piperazine rings is 1. The fraction of sp³-hybridized carbons (Fsp3) is 0.261. The van der Waals surface area contributed by atoms with Crippen molar-refractivity contribution < 1.29 is 9.18 Å². The van der Waals surface area contributed by atoms with Gasteiger partial charge in [0.25, 0.3) is 0 Å². The zero-order valence-corrected chi connectivity index (χ0v) is 19.2. The Kier molecular flexibility index (Phi) is 7.12. The first kappa shape index (κ1) is 22.4. The average molecular weight is 472 g/mol. The van der Waals surface area contributed by atoms with Crippen LogP contribution in [0, 0.1) is 12.7 Å². The number of hydrogen-bond donors (Lipinski definition) is 1. The Balaban J connectivity index is 1.30. The third-order valence-electron chi connectivity index (χ3n) is 5.15. The maximum atomic E-state index is 13.2. The minimum atomic E-state index is -0.228. The normalized spacial score (nSPS) is 13.8. The van der Waals surface area contributed by atoms with Crippen LogP contribution in [0.1, 0.15) is 5.56 Å². The van der Waals surface area contributed by atoms with E-state index >= 15 is 0 Å². The second kappa shape index (κ2) is 10.2. The lowest BCUT2D eigenvalue weighted by atomic mass is 10.2. The maximum Gasteiger partial charge on any atom is 0.234 e. The van der Waals surface area contributed by atoms with Gasteiger partial charge in [0.1, 0.15) is 11.6 Å². The van der Waals surface area contributed by atoms with Gasteiger partial charge in [0.05, 0.1) is 16.5 Å². The van der Waals surface area contributed by atoms with Gasteiger partial charge in [-0.2, -0.15) is 0 Å². The molecule has 1 saturated heterocycles. The van der Waals surface area contributed by atoms with Gasteiger partial charge in [0.2, 0.25) is 5.91 Å². The van der Waals surface area contributed by atoms with Crippen LogP contribution in [-0.4, -0.2) is 47.8 Å². The number of hydrogen-bond acceptors (Lipinski definition) is 6. The molecule has 0 bridgehead atoms. The summed E-state index contributed by atoms with van der Waals surface area (Å²) in [4.78, 5) is 25.6. The number of nitrogens with zero attached hydrogens (tertiary/aromatic N) is 4. The van der Waals surface area contributed by atoms with E-state index in [4.69, 9.17) is 11.6 Å².